The maximum absolute atomic E-state index is 13.0. The number of imide groups is 1. The molecule has 1 atom stereocenters. The number of amides is 3. The van der Waals surface area contributed by atoms with Crippen LogP contribution in [-0.4, -0.2) is 28.7 Å². The number of rotatable bonds is 5. The quantitative estimate of drug-likeness (QED) is 0.781. The SMILES string of the molecule is Cc1ccc(NC(=O)[C@H](CC(C)C)N2C(=O)c3ccccc3C2=O)c(Cl)c1. The number of anilines is 1. The minimum atomic E-state index is -0.908. The van der Waals surface area contributed by atoms with Gasteiger partial charge in [0.1, 0.15) is 6.04 Å². The zero-order valence-corrected chi connectivity index (χ0v) is 16.2. The number of benzene rings is 2. The Hall–Kier alpha value is -2.66. The van der Waals surface area contributed by atoms with E-state index in [0.717, 1.165) is 10.5 Å². The van der Waals surface area contributed by atoms with Crippen molar-refractivity contribution < 1.29 is 14.4 Å². The Morgan fingerprint density at radius 1 is 1.07 bits per heavy atom. The fourth-order valence-electron chi connectivity index (χ4n) is 3.20. The van der Waals surface area contributed by atoms with Crippen molar-refractivity contribution in [2.75, 3.05) is 5.32 Å². The molecule has 1 aliphatic heterocycles. The second kappa shape index (κ2) is 7.53. The minimum absolute atomic E-state index is 0.110. The van der Waals surface area contributed by atoms with E-state index in [-0.39, 0.29) is 5.92 Å². The molecule has 0 unspecified atom stereocenters. The van der Waals surface area contributed by atoms with E-state index in [1.54, 1.807) is 36.4 Å². The summed E-state index contributed by atoms with van der Waals surface area (Å²) in [5.41, 5.74) is 2.09. The molecule has 1 N–H and O–H groups in total. The lowest BCUT2D eigenvalue weighted by Crippen LogP contribution is -2.48. The molecule has 0 aromatic heterocycles. The molecule has 3 rings (SSSR count). The van der Waals surface area contributed by atoms with Crippen molar-refractivity contribution in [3.05, 3.63) is 64.2 Å². The molecule has 2 aromatic rings. The molecule has 27 heavy (non-hydrogen) atoms. The number of aryl methyl sites for hydroxylation is 1. The van der Waals surface area contributed by atoms with Crippen LogP contribution in [0.2, 0.25) is 5.02 Å². The molecule has 0 saturated carbocycles. The van der Waals surface area contributed by atoms with E-state index in [1.807, 2.05) is 26.8 Å². The van der Waals surface area contributed by atoms with Crippen molar-refractivity contribution in [1.82, 2.24) is 4.90 Å². The topological polar surface area (TPSA) is 66.5 Å². The summed E-state index contributed by atoms with van der Waals surface area (Å²) in [6.45, 7) is 5.78. The van der Waals surface area contributed by atoms with Gasteiger partial charge in [0.05, 0.1) is 21.8 Å². The fourth-order valence-corrected chi connectivity index (χ4v) is 3.49. The van der Waals surface area contributed by atoms with Crippen LogP contribution >= 0.6 is 11.6 Å². The molecule has 0 fully saturated rings. The van der Waals surface area contributed by atoms with E-state index in [9.17, 15) is 14.4 Å². The molecule has 0 bridgehead atoms. The predicted molar refractivity (Wildman–Crippen MR) is 105 cm³/mol. The third kappa shape index (κ3) is 3.74. The molecule has 1 heterocycles. The van der Waals surface area contributed by atoms with Crippen LogP contribution in [0, 0.1) is 12.8 Å². The number of fused-ring (bicyclic) bond motifs is 1. The average Bonchev–Trinajstić information content (AvgIpc) is 2.86. The number of hydrogen-bond acceptors (Lipinski definition) is 3. The maximum atomic E-state index is 13.0. The van der Waals surface area contributed by atoms with Crippen LogP contribution in [0.3, 0.4) is 0 Å². The highest BCUT2D eigenvalue weighted by atomic mass is 35.5. The maximum Gasteiger partial charge on any atom is 0.262 e. The smallest absolute Gasteiger partial charge is 0.262 e. The molecule has 1 aliphatic rings. The highest BCUT2D eigenvalue weighted by Gasteiger charge is 2.42. The Morgan fingerprint density at radius 2 is 1.67 bits per heavy atom. The Balaban J connectivity index is 1.91. The Morgan fingerprint density at radius 3 is 2.19 bits per heavy atom. The van der Waals surface area contributed by atoms with E-state index in [2.05, 4.69) is 5.32 Å². The molecule has 6 heteroatoms. The molecule has 0 radical (unpaired) electrons. The Kier molecular flexibility index (Phi) is 5.33. The first-order chi connectivity index (χ1) is 12.8. The number of hydrogen-bond donors (Lipinski definition) is 1. The summed E-state index contributed by atoms with van der Waals surface area (Å²) in [4.78, 5) is 39.7. The van der Waals surface area contributed by atoms with E-state index < -0.39 is 23.8 Å². The van der Waals surface area contributed by atoms with Gasteiger partial charge in [0.2, 0.25) is 5.91 Å². The lowest BCUT2D eigenvalue weighted by atomic mass is 10.0. The second-order valence-electron chi connectivity index (χ2n) is 7.14. The highest BCUT2D eigenvalue weighted by Crippen LogP contribution is 2.29. The van der Waals surface area contributed by atoms with Gasteiger partial charge in [-0.2, -0.15) is 0 Å². The molecular formula is C21H21ClN2O3. The lowest BCUT2D eigenvalue weighted by molar-refractivity contribution is -0.120. The minimum Gasteiger partial charge on any atom is -0.323 e. The van der Waals surface area contributed by atoms with E-state index in [0.29, 0.717) is 28.3 Å². The number of halogens is 1. The van der Waals surface area contributed by atoms with Gasteiger partial charge in [-0.25, -0.2) is 0 Å². The van der Waals surface area contributed by atoms with Gasteiger partial charge in [-0.3, -0.25) is 19.3 Å². The van der Waals surface area contributed by atoms with Crippen molar-refractivity contribution in [2.45, 2.75) is 33.2 Å². The molecular weight excluding hydrogens is 364 g/mol. The highest BCUT2D eigenvalue weighted by molar-refractivity contribution is 6.34. The lowest BCUT2D eigenvalue weighted by Gasteiger charge is -2.27. The van der Waals surface area contributed by atoms with Crippen LogP contribution in [0.5, 0.6) is 0 Å². The number of carbonyl (C=O) groups is 3. The van der Waals surface area contributed by atoms with Crippen molar-refractivity contribution in [1.29, 1.82) is 0 Å². The number of nitrogens with zero attached hydrogens (tertiary/aromatic N) is 1. The van der Waals surface area contributed by atoms with Crippen LogP contribution in [-0.2, 0) is 4.79 Å². The number of carbonyl (C=O) groups excluding carboxylic acids is 3. The zero-order valence-electron chi connectivity index (χ0n) is 15.5. The third-order valence-corrected chi connectivity index (χ3v) is 4.83. The van der Waals surface area contributed by atoms with Crippen molar-refractivity contribution in [2.24, 2.45) is 5.92 Å². The van der Waals surface area contributed by atoms with E-state index in [1.165, 1.54) is 0 Å². The molecule has 0 spiro atoms. The largest absolute Gasteiger partial charge is 0.323 e. The van der Waals surface area contributed by atoms with Gasteiger partial charge in [0, 0.05) is 0 Å². The molecule has 140 valence electrons. The zero-order chi connectivity index (χ0) is 19.7. The first-order valence-corrected chi connectivity index (χ1v) is 9.21. The molecule has 5 nitrogen and oxygen atoms in total. The van der Waals surface area contributed by atoms with Gasteiger partial charge in [0.25, 0.3) is 11.8 Å². The number of nitrogens with one attached hydrogen (secondary N) is 1. The van der Waals surface area contributed by atoms with Crippen LogP contribution in [0.1, 0.15) is 46.5 Å². The first kappa shape index (κ1) is 19.1. The summed E-state index contributed by atoms with van der Waals surface area (Å²) in [7, 11) is 0. The van der Waals surface area contributed by atoms with Gasteiger partial charge in [0.15, 0.2) is 0 Å². The van der Waals surface area contributed by atoms with Gasteiger partial charge < -0.3 is 5.32 Å². The fraction of sp³-hybridized carbons (Fsp3) is 0.286. The van der Waals surface area contributed by atoms with Gasteiger partial charge in [-0.05, 0) is 49.1 Å². The molecule has 2 aromatic carbocycles. The summed E-state index contributed by atoms with van der Waals surface area (Å²) in [6.07, 6.45) is 0.362. The van der Waals surface area contributed by atoms with Gasteiger partial charge >= 0.3 is 0 Å². The van der Waals surface area contributed by atoms with Gasteiger partial charge in [-0.15, -0.1) is 0 Å². The summed E-state index contributed by atoms with van der Waals surface area (Å²) < 4.78 is 0. The normalized spacial score (nSPS) is 14.5. The van der Waals surface area contributed by atoms with Crippen molar-refractivity contribution in [3.63, 3.8) is 0 Å². The summed E-state index contributed by atoms with van der Waals surface area (Å²) in [5.74, 6) is -1.19. The summed E-state index contributed by atoms with van der Waals surface area (Å²) >= 11 is 6.21. The molecule has 0 saturated heterocycles. The second-order valence-corrected chi connectivity index (χ2v) is 7.55. The first-order valence-electron chi connectivity index (χ1n) is 8.83. The predicted octanol–water partition coefficient (Wildman–Crippen LogP) is 4.30. The van der Waals surface area contributed by atoms with Crippen LogP contribution in [0.25, 0.3) is 0 Å². The summed E-state index contributed by atoms with van der Waals surface area (Å²) in [6, 6.07) is 11.0. The van der Waals surface area contributed by atoms with Crippen LogP contribution < -0.4 is 5.32 Å². The third-order valence-electron chi connectivity index (χ3n) is 4.52. The molecule has 0 aliphatic carbocycles. The molecule has 3 amide bonds. The monoisotopic (exact) mass is 384 g/mol. The van der Waals surface area contributed by atoms with E-state index >= 15 is 0 Å². The van der Waals surface area contributed by atoms with Crippen LogP contribution in [0.15, 0.2) is 42.5 Å². The Bertz CT molecular complexity index is 888. The summed E-state index contributed by atoms with van der Waals surface area (Å²) in [5, 5.41) is 3.18. The van der Waals surface area contributed by atoms with Crippen LogP contribution in [0.4, 0.5) is 5.69 Å². The average molecular weight is 385 g/mol. The van der Waals surface area contributed by atoms with E-state index in [4.69, 9.17) is 11.6 Å². The van der Waals surface area contributed by atoms with Gasteiger partial charge in [-0.1, -0.05) is 43.6 Å². The van der Waals surface area contributed by atoms with Crippen molar-refractivity contribution >= 4 is 35.0 Å². The standard InChI is InChI=1S/C21H21ClN2O3/c1-12(2)10-18(19(25)23-17-9-8-13(3)11-16(17)22)24-20(26)14-6-4-5-7-15(14)21(24)27/h4-9,11-12,18H,10H2,1-3H3,(H,23,25)/t18-/m0/s1. The Labute approximate surface area is 163 Å². The van der Waals surface area contributed by atoms with Crippen molar-refractivity contribution in [3.8, 4) is 0 Å².